The smallest absolute Gasteiger partial charge is 0.335 e. The van der Waals surface area contributed by atoms with Crippen LogP contribution in [0.25, 0.3) is 0 Å². The largest absolute Gasteiger partial charge is 0.488 e. The molecule has 2 aromatic rings. The molecule has 0 spiro atoms. The number of ether oxygens (including phenoxy) is 1. The minimum atomic E-state index is -0.951. The van der Waals surface area contributed by atoms with E-state index in [4.69, 9.17) is 9.84 Å². The zero-order valence-corrected chi connectivity index (χ0v) is 10.0. The molecule has 88 valence electrons. The van der Waals surface area contributed by atoms with Crippen LogP contribution >= 0.6 is 11.3 Å². The Labute approximate surface area is 103 Å². The number of carboxylic acids is 1. The average molecular weight is 249 g/mol. The van der Waals surface area contributed by atoms with Gasteiger partial charge in [0.05, 0.1) is 16.0 Å². The molecule has 0 amide bonds. The maximum absolute atomic E-state index is 10.8. The molecule has 0 aliphatic heterocycles. The number of aromatic carboxylic acids is 1. The van der Waals surface area contributed by atoms with Crippen LogP contribution in [0.1, 0.15) is 20.8 Å². The number of nitrogens with zero attached hydrogens (tertiary/aromatic N) is 1. The average Bonchev–Trinajstić information content (AvgIpc) is 2.80. The number of hydrogen-bond donors (Lipinski definition) is 1. The van der Waals surface area contributed by atoms with Gasteiger partial charge in [0.25, 0.3) is 0 Å². The van der Waals surface area contributed by atoms with Crippen molar-refractivity contribution in [3.8, 4) is 5.75 Å². The first-order chi connectivity index (χ1) is 8.16. The van der Waals surface area contributed by atoms with Gasteiger partial charge in [-0.05, 0) is 24.6 Å². The molecule has 0 aliphatic carbocycles. The van der Waals surface area contributed by atoms with Gasteiger partial charge in [0.2, 0.25) is 0 Å². The van der Waals surface area contributed by atoms with Gasteiger partial charge in [0, 0.05) is 6.20 Å². The van der Waals surface area contributed by atoms with Crippen molar-refractivity contribution in [1.82, 2.24) is 4.98 Å². The summed E-state index contributed by atoms with van der Waals surface area (Å²) in [5.74, 6) is -0.356. The monoisotopic (exact) mass is 249 g/mol. The van der Waals surface area contributed by atoms with Crippen molar-refractivity contribution >= 4 is 17.3 Å². The molecule has 17 heavy (non-hydrogen) atoms. The van der Waals surface area contributed by atoms with E-state index in [1.165, 1.54) is 11.3 Å². The Morgan fingerprint density at radius 2 is 2.35 bits per heavy atom. The van der Waals surface area contributed by atoms with E-state index < -0.39 is 5.97 Å². The first-order valence-corrected chi connectivity index (χ1v) is 5.89. The van der Waals surface area contributed by atoms with Crippen molar-refractivity contribution in [2.45, 2.75) is 13.5 Å². The lowest BCUT2D eigenvalue weighted by molar-refractivity contribution is 0.0696. The molecule has 2 rings (SSSR count). The van der Waals surface area contributed by atoms with E-state index in [0.29, 0.717) is 12.4 Å². The Bertz CT molecular complexity index is 523. The van der Waals surface area contributed by atoms with Crippen LogP contribution in [-0.4, -0.2) is 16.1 Å². The molecular weight excluding hydrogens is 238 g/mol. The second kappa shape index (κ2) is 4.97. The van der Waals surface area contributed by atoms with Crippen molar-refractivity contribution in [3.05, 3.63) is 45.9 Å². The van der Waals surface area contributed by atoms with E-state index in [2.05, 4.69) is 4.98 Å². The highest BCUT2D eigenvalue weighted by molar-refractivity contribution is 7.09. The summed E-state index contributed by atoms with van der Waals surface area (Å²) in [6.45, 7) is 2.29. The third kappa shape index (κ3) is 2.82. The Balaban J connectivity index is 2.14. The topological polar surface area (TPSA) is 59.4 Å². The summed E-state index contributed by atoms with van der Waals surface area (Å²) in [4.78, 5) is 15.8. The minimum absolute atomic E-state index is 0.231. The predicted octanol–water partition coefficient (Wildman–Crippen LogP) is 2.73. The number of hydrogen-bond acceptors (Lipinski definition) is 4. The summed E-state index contributed by atoms with van der Waals surface area (Å²) in [5, 5.41) is 8.89. The lowest BCUT2D eigenvalue weighted by atomic mass is 10.1. The van der Waals surface area contributed by atoms with Gasteiger partial charge in [-0.25, -0.2) is 4.79 Å². The van der Waals surface area contributed by atoms with Gasteiger partial charge in [0.1, 0.15) is 12.4 Å². The number of carboxylic acid groups (broad SMARTS) is 1. The molecule has 0 fully saturated rings. The first-order valence-electron chi connectivity index (χ1n) is 5.01. The molecule has 0 unspecified atom stereocenters. The summed E-state index contributed by atoms with van der Waals surface area (Å²) in [5.41, 5.74) is 2.88. The number of aromatic nitrogens is 1. The molecule has 1 aromatic carbocycles. The fourth-order valence-corrected chi connectivity index (χ4v) is 1.86. The second-order valence-corrected chi connectivity index (χ2v) is 4.51. The van der Waals surface area contributed by atoms with Gasteiger partial charge in [-0.2, -0.15) is 0 Å². The number of thiazole rings is 1. The second-order valence-electron chi connectivity index (χ2n) is 3.54. The van der Waals surface area contributed by atoms with Crippen LogP contribution in [0.3, 0.4) is 0 Å². The standard InChI is InChI=1S/C12H11NO3S/c1-8-2-3-9(12(14)15)4-11(8)16-6-10-5-13-7-17-10/h2-5,7H,6H2,1H3,(H,14,15). The van der Waals surface area contributed by atoms with Crippen LogP contribution in [0.15, 0.2) is 29.9 Å². The molecule has 4 nitrogen and oxygen atoms in total. The third-order valence-corrected chi connectivity index (χ3v) is 3.04. The van der Waals surface area contributed by atoms with Crippen molar-refractivity contribution in [1.29, 1.82) is 0 Å². The quantitative estimate of drug-likeness (QED) is 0.905. The molecule has 0 radical (unpaired) electrons. The summed E-state index contributed by atoms with van der Waals surface area (Å²) >= 11 is 1.51. The Morgan fingerprint density at radius 3 is 3.00 bits per heavy atom. The first kappa shape index (κ1) is 11.6. The Kier molecular flexibility index (Phi) is 3.39. The third-order valence-electron chi connectivity index (χ3n) is 2.29. The van der Waals surface area contributed by atoms with Crippen molar-refractivity contribution in [2.24, 2.45) is 0 Å². The van der Waals surface area contributed by atoms with E-state index in [9.17, 15) is 4.79 Å². The molecule has 1 heterocycles. The molecule has 1 N–H and O–H groups in total. The Hall–Kier alpha value is -1.88. The molecule has 0 saturated carbocycles. The maximum atomic E-state index is 10.8. The van der Waals surface area contributed by atoms with E-state index in [0.717, 1.165) is 10.4 Å². The normalized spacial score (nSPS) is 10.2. The van der Waals surface area contributed by atoms with Gasteiger partial charge in [-0.3, -0.25) is 4.98 Å². The fourth-order valence-electron chi connectivity index (χ4n) is 1.35. The molecule has 1 aromatic heterocycles. The SMILES string of the molecule is Cc1ccc(C(=O)O)cc1OCc1cncs1. The van der Waals surface area contributed by atoms with Crippen molar-refractivity contribution < 1.29 is 14.6 Å². The van der Waals surface area contributed by atoms with Crippen molar-refractivity contribution in [3.63, 3.8) is 0 Å². The van der Waals surface area contributed by atoms with Gasteiger partial charge < -0.3 is 9.84 Å². The summed E-state index contributed by atoms with van der Waals surface area (Å²) in [6.07, 6.45) is 1.74. The minimum Gasteiger partial charge on any atom is -0.488 e. The summed E-state index contributed by atoms with van der Waals surface area (Å²) < 4.78 is 5.58. The van der Waals surface area contributed by atoms with E-state index >= 15 is 0 Å². The maximum Gasteiger partial charge on any atom is 0.335 e. The number of rotatable bonds is 4. The summed E-state index contributed by atoms with van der Waals surface area (Å²) in [6, 6.07) is 4.85. The van der Waals surface area contributed by atoms with Crippen LogP contribution in [0.4, 0.5) is 0 Å². The summed E-state index contributed by atoms with van der Waals surface area (Å²) in [7, 11) is 0. The van der Waals surface area contributed by atoms with Gasteiger partial charge >= 0.3 is 5.97 Å². The highest BCUT2D eigenvalue weighted by Gasteiger charge is 2.07. The van der Waals surface area contributed by atoms with Crippen LogP contribution in [-0.2, 0) is 6.61 Å². The molecular formula is C12H11NO3S. The molecule has 0 aliphatic rings. The van der Waals surface area contributed by atoms with E-state index in [1.54, 1.807) is 29.9 Å². The zero-order valence-electron chi connectivity index (χ0n) is 9.21. The van der Waals surface area contributed by atoms with Gasteiger partial charge in [0.15, 0.2) is 0 Å². The van der Waals surface area contributed by atoms with Crippen LogP contribution in [0, 0.1) is 6.92 Å². The van der Waals surface area contributed by atoms with E-state index in [-0.39, 0.29) is 5.56 Å². The molecule has 0 atom stereocenters. The van der Waals surface area contributed by atoms with Gasteiger partial charge in [-0.1, -0.05) is 6.07 Å². The number of carbonyl (C=O) groups is 1. The number of benzene rings is 1. The lowest BCUT2D eigenvalue weighted by Gasteiger charge is -2.08. The molecule has 0 bridgehead atoms. The van der Waals surface area contributed by atoms with Crippen molar-refractivity contribution in [2.75, 3.05) is 0 Å². The zero-order chi connectivity index (χ0) is 12.3. The molecule has 0 saturated heterocycles. The lowest BCUT2D eigenvalue weighted by Crippen LogP contribution is -2.00. The highest BCUT2D eigenvalue weighted by Crippen LogP contribution is 2.21. The number of aryl methyl sites for hydroxylation is 1. The predicted molar refractivity (Wildman–Crippen MR) is 64.6 cm³/mol. The van der Waals surface area contributed by atoms with Crippen LogP contribution in [0.2, 0.25) is 0 Å². The van der Waals surface area contributed by atoms with E-state index in [1.807, 2.05) is 6.92 Å². The van der Waals surface area contributed by atoms with Crippen LogP contribution < -0.4 is 4.74 Å². The Morgan fingerprint density at radius 1 is 1.53 bits per heavy atom. The fraction of sp³-hybridized carbons (Fsp3) is 0.167. The molecule has 5 heteroatoms. The van der Waals surface area contributed by atoms with Gasteiger partial charge in [-0.15, -0.1) is 11.3 Å². The van der Waals surface area contributed by atoms with Crippen LogP contribution in [0.5, 0.6) is 5.75 Å². The highest BCUT2D eigenvalue weighted by atomic mass is 32.1.